The van der Waals surface area contributed by atoms with Crippen molar-refractivity contribution >= 4 is 16.7 Å². The van der Waals surface area contributed by atoms with E-state index in [0.717, 1.165) is 40.6 Å². The van der Waals surface area contributed by atoms with Gasteiger partial charge in [-0.05, 0) is 17.7 Å². The van der Waals surface area contributed by atoms with E-state index in [4.69, 9.17) is 20.2 Å². The molecular weight excluding hydrogens is 302 g/mol. The third-order valence-electron chi connectivity index (χ3n) is 4.23. The molecule has 124 valence electrons. The third-order valence-corrected chi connectivity index (χ3v) is 4.23. The molecule has 0 saturated carbocycles. The number of hydrogen-bond acceptors (Lipinski definition) is 4. The third kappa shape index (κ3) is 2.46. The fraction of sp³-hybridized carbons (Fsp3) is 0.316. The Bertz CT molecular complexity index is 905. The van der Waals surface area contributed by atoms with E-state index in [1.54, 1.807) is 0 Å². The Morgan fingerprint density at radius 1 is 1.08 bits per heavy atom. The zero-order valence-electron chi connectivity index (χ0n) is 14.2. The molecular formula is C19H21N3O2. The molecule has 0 aliphatic carbocycles. The quantitative estimate of drug-likeness (QED) is 0.731. The number of benzene rings is 2. The van der Waals surface area contributed by atoms with Crippen LogP contribution in [0.3, 0.4) is 0 Å². The van der Waals surface area contributed by atoms with Crippen molar-refractivity contribution in [3.05, 3.63) is 47.8 Å². The summed E-state index contributed by atoms with van der Waals surface area (Å²) in [6.07, 6.45) is 0. The molecule has 2 heterocycles. The van der Waals surface area contributed by atoms with Crippen LogP contribution in [0.1, 0.15) is 32.2 Å². The normalized spacial score (nSPS) is 13.6. The predicted molar refractivity (Wildman–Crippen MR) is 94.5 cm³/mol. The van der Waals surface area contributed by atoms with E-state index in [2.05, 4.69) is 37.5 Å². The Morgan fingerprint density at radius 3 is 2.42 bits per heavy atom. The Kier molecular flexibility index (Phi) is 3.20. The van der Waals surface area contributed by atoms with E-state index < -0.39 is 0 Å². The van der Waals surface area contributed by atoms with Gasteiger partial charge in [0.05, 0.1) is 11.0 Å². The Morgan fingerprint density at radius 2 is 1.75 bits per heavy atom. The molecule has 0 saturated heterocycles. The van der Waals surface area contributed by atoms with Crippen molar-refractivity contribution in [2.45, 2.75) is 32.7 Å². The maximum Gasteiger partial charge on any atom is 0.231 e. The van der Waals surface area contributed by atoms with Crippen molar-refractivity contribution < 1.29 is 9.47 Å². The molecule has 1 aliphatic rings. The molecule has 2 aromatic carbocycles. The fourth-order valence-corrected chi connectivity index (χ4v) is 3.05. The molecule has 0 amide bonds. The van der Waals surface area contributed by atoms with Crippen molar-refractivity contribution in [2.24, 2.45) is 0 Å². The summed E-state index contributed by atoms with van der Waals surface area (Å²) in [5.74, 6) is 2.58. The topological polar surface area (TPSA) is 62.3 Å². The summed E-state index contributed by atoms with van der Waals surface area (Å²) in [5.41, 5.74) is 9.68. The lowest BCUT2D eigenvalue weighted by atomic mass is 9.95. The average Bonchev–Trinajstić information content (AvgIpc) is 3.11. The fourth-order valence-electron chi connectivity index (χ4n) is 3.05. The lowest BCUT2D eigenvalue weighted by Gasteiger charge is -2.20. The summed E-state index contributed by atoms with van der Waals surface area (Å²) in [6.45, 7) is 7.53. The van der Waals surface area contributed by atoms with Crippen LogP contribution in [0.15, 0.2) is 36.4 Å². The molecule has 5 heteroatoms. The van der Waals surface area contributed by atoms with Gasteiger partial charge < -0.3 is 19.8 Å². The molecule has 3 aromatic rings. The highest BCUT2D eigenvalue weighted by atomic mass is 16.7. The summed E-state index contributed by atoms with van der Waals surface area (Å²) < 4.78 is 13.3. The van der Waals surface area contributed by atoms with Gasteiger partial charge in [0.15, 0.2) is 11.5 Å². The molecule has 0 atom stereocenters. The molecule has 4 rings (SSSR count). The number of hydrogen-bond donors (Lipinski definition) is 1. The van der Waals surface area contributed by atoms with Gasteiger partial charge in [0.2, 0.25) is 6.79 Å². The zero-order valence-corrected chi connectivity index (χ0v) is 14.2. The highest BCUT2D eigenvalue weighted by Gasteiger charge is 2.25. The second-order valence-electron chi connectivity index (χ2n) is 7.21. The van der Waals surface area contributed by atoms with Gasteiger partial charge in [-0.1, -0.05) is 32.9 Å². The molecule has 0 spiro atoms. The number of nitrogen functional groups attached to an aromatic ring is 1. The van der Waals surface area contributed by atoms with Gasteiger partial charge in [-0.15, -0.1) is 0 Å². The number of aromatic nitrogens is 2. The zero-order chi connectivity index (χ0) is 16.9. The number of nitrogens with two attached hydrogens (primary N) is 1. The lowest BCUT2D eigenvalue weighted by Crippen LogP contribution is -2.19. The molecule has 0 fully saturated rings. The van der Waals surface area contributed by atoms with Gasteiger partial charge in [0.1, 0.15) is 5.82 Å². The van der Waals surface area contributed by atoms with Gasteiger partial charge in [-0.25, -0.2) is 4.98 Å². The summed E-state index contributed by atoms with van der Waals surface area (Å²) in [6, 6.07) is 12.0. The minimum Gasteiger partial charge on any atom is -0.454 e. The molecule has 24 heavy (non-hydrogen) atoms. The largest absolute Gasteiger partial charge is 0.454 e. The van der Waals surface area contributed by atoms with Gasteiger partial charge in [0.25, 0.3) is 0 Å². The molecule has 2 N–H and O–H groups in total. The van der Waals surface area contributed by atoms with Crippen LogP contribution in [0, 0.1) is 0 Å². The van der Waals surface area contributed by atoms with E-state index in [-0.39, 0.29) is 12.2 Å². The van der Waals surface area contributed by atoms with Gasteiger partial charge in [-0.3, -0.25) is 0 Å². The van der Waals surface area contributed by atoms with Crippen molar-refractivity contribution in [1.82, 2.24) is 9.55 Å². The number of anilines is 1. The smallest absolute Gasteiger partial charge is 0.231 e. The first-order chi connectivity index (χ1) is 11.4. The Balaban J connectivity index is 1.88. The highest BCUT2D eigenvalue weighted by molar-refractivity contribution is 5.81. The van der Waals surface area contributed by atoms with Crippen LogP contribution in [0.5, 0.6) is 11.5 Å². The van der Waals surface area contributed by atoms with E-state index in [1.165, 1.54) is 5.56 Å². The standard InChI is InChI=1S/C19H21N3O2/c1-19(2,3)18-21-14-8-16-17(24-11-23-16)9-15(14)22(18)10-12-4-6-13(20)7-5-12/h4-9H,10-11,20H2,1-3H3. The van der Waals surface area contributed by atoms with Crippen LogP contribution in [-0.2, 0) is 12.0 Å². The summed E-state index contributed by atoms with van der Waals surface area (Å²) >= 11 is 0. The van der Waals surface area contributed by atoms with Gasteiger partial charge in [-0.2, -0.15) is 0 Å². The summed E-state index contributed by atoms with van der Waals surface area (Å²) in [5, 5.41) is 0. The predicted octanol–water partition coefficient (Wildman–Crippen LogP) is 3.69. The number of nitrogens with zero attached hydrogens (tertiary/aromatic N) is 2. The maximum atomic E-state index is 5.80. The number of ether oxygens (including phenoxy) is 2. The average molecular weight is 323 g/mol. The first-order valence-electron chi connectivity index (χ1n) is 8.06. The van der Waals surface area contributed by atoms with E-state index in [9.17, 15) is 0 Å². The Labute approximate surface area is 141 Å². The van der Waals surface area contributed by atoms with Crippen molar-refractivity contribution in [3.8, 4) is 11.5 Å². The van der Waals surface area contributed by atoms with Crippen molar-refractivity contribution in [1.29, 1.82) is 0 Å². The molecule has 0 unspecified atom stereocenters. The minimum atomic E-state index is -0.0705. The second-order valence-corrected chi connectivity index (χ2v) is 7.21. The number of imidazole rings is 1. The first kappa shape index (κ1) is 14.9. The van der Waals surface area contributed by atoms with Crippen LogP contribution >= 0.6 is 0 Å². The summed E-state index contributed by atoms with van der Waals surface area (Å²) in [4.78, 5) is 4.88. The van der Waals surface area contributed by atoms with Crippen molar-refractivity contribution in [3.63, 3.8) is 0 Å². The molecule has 0 radical (unpaired) electrons. The van der Waals surface area contributed by atoms with E-state index in [1.807, 2.05) is 24.3 Å². The van der Waals surface area contributed by atoms with Gasteiger partial charge in [0, 0.05) is 29.8 Å². The first-order valence-corrected chi connectivity index (χ1v) is 8.06. The lowest BCUT2D eigenvalue weighted by molar-refractivity contribution is 0.174. The number of fused-ring (bicyclic) bond motifs is 2. The summed E-state index contributed by atoms with van der Waals surface area (Å²) in [7, 11) is 0. The monoisotopic (exact) mass is 323 g/mol. The second kappa shape index (κ2) is 5.16. The van der Waals surface area contributed by atoms with Crippen LogP contribution in [0.2, 0.25) is 0 Å². The van der Waals surface area contributed by atoms with Crippen LogP contribution in [0.4, 0.5) is 5.69 Å². The minimum absolute atomic E-state index is 0.0705. The van der Waals surface area contributed by atoms with E-state index in [0.29, 0.717) is 0 Å². The highest BCUT2D eigenvalue weighted by Crippen LogP contribution is 2.38. The molecule has 1 aromatic heterocycles. The van der Waals surface area contributed by atoms with Gasteiger partial charge >= 0.3 is 0 Å². The van der Waals surface area contributed by atoms with Crippen LogP contribution < -0.4 is 15.2 Å². The maximum absolute atomic E-state index is 5.80. The van der Waals surface area contributed by atoms with E-state index >= 15 is 0 Å². The molecule has 0 bridgehead atoms. The molecule has 5 nitrogen and oxygen atoms in total. The molecule has 1 aliphatic heterocycles. The van der Waals surface area contributed by atoms with Crippen molar-refractivity contribution in [2.75, 3.05) is 12.5 Å². The Hall–Kier alpha value is -2.69. The number of rotatable bonds is 2. The SMILES string of the molecule is CC(C)(C)c1nc2cc3c(cc2n1Cc1ccc(N)cc1)OCO3. The van der Waals surface area contributed by atoms with Crippen LogP contribution in [0.25, 0.3) is 11.0 Å². The van der Waals surface area contributed by atoms with Crippen LogP contribution in [-0.4, -0.2) is 16.3 Å².